The average molecular weight is 462 g/mol. The summed E-state index contributed by atoms with van der Waals surface area (Å²) in [5.74, 6) is 0. The van der Waals surface area contributed by atoms with Gasteiger partial charge in [0.05, 0.1) is 15.5 Å². The van der Waals surface area contributed by atoms with Crippen molar-refractivity contribution >= 4 is 33.1 Å². The van der Waals surface area contributed by atoms with Crippen molar-refractivity contribution in [1.82, 2.24) is 9.80 Å². The topological polar surface area (TPSA) is 107 Å². The number of nitrogens with zero attached hydrogens (tertiary/aromatic N) is 5. The zero-order valence-corrected chi connectivity index (χ0v) is 19.2. The zero-order valence-electron chi connectivity index (χ0n) is 18.3. The third kappa shape index (κ3) is 4.62. The van der Waals surface area contributed by atoms with Gasteiger partial charge >= 0.3 is 6.03 Å². The SMILES string of the molecule is CCN(c1ccccc1)S(=O)(=O)c1ccc(N2CCN(C(=O)N(C)C)CC2)c([N+](=O)[O-])c1. The van der Waals surface area contributed by atoms with Crippen molar-refractivity contribution in [3.05, 3.63) is 58.6 Å². The Balaban J connectivity index is 1.90. The van der Waals surface area contributed by atoms with Crippen molar-refractivity contribution < 1.29 is 18.1 Å². The number of benzene rings is 2. The molecule has 1 heterocycles. The minimum Gasteiger partial charge on any atom is -0.362 e. The number of rotatable bonds is 6. The Morgan fingerprint density at radius 3 is 2.22 bits per heavy atom. The molecule has 0 aliphatic carbocycles. The van der Waals surface area contributed by atoms with Gasteiger partial charge < -0.3 is 14.7 Å². The number of anilines is 2. The van der Waals surface area contributed by atoms with E-state index in [0.717, 1.165) is 6.07 Å². The molecular formula is C21H27N5O5S. The van der Waals surface area contributed by atoms with Crippen LogP contribution in [0.5, 0.6) is 0 Å². The van der Waals surface area contributed by atoms with Crippen LogP contribution in [0.15, 0.2) is 53.4 Å². The standard InChI is InChI=1S/C21H27N5O5S/c1-4-25(17-8-6-5-7-9-17)32(30,31)18-10-11-19(20(16-18)26(28)29)23-12-14-24(15-13-23)21(27)22(2)3/h5-11,16H,4,12-15H2,1-3H3. The molecule has 1 aliphatic rings. The molecule has 0 aromatic heterocycles. The Bertz CT molecular complexity index is 1080. The van der Waals surface area contributed by atoms with E-state index >= 15 is 0 Å². The highest BCUT2D eigenvalue weighted by molar-refractivity contribution is 7.92. The molecule has 3 rings (SSSR count). The molecule has 0 N–H and O–H groups in total. The van der Waals surface area contributed by atoms with Gasteiger partial charge in [-0.05, 0) is 31.2 Å². The summed E-state index contributed by atoms with van der Waals surface area (Å²) < 4.78 is 27.7. The molecular weight excluding hydrogens is 434 g/mol. The lowest BCUT2D eigenvalue weighted by molar-refractivity contribution is -0.384. The van der Waals surface area contributed by atoms with Crippen molar-refractivity contribution in [2.75, 3.05) is 56.0 Å². The Morgan fingerprint density at radius 1 is 1.06 bits per heavy atom. The number of hydrogen-bond acceptors (Lipinski definition) is 6. The van der Waals surface area contributed by atoms with Crippen molar-refractivity contribution in [2.45, 2.75) is 11.8 Å². The predicted molar refractivity (Wildman–Crippen MR) is 123 cm³/mol. The molecule has 10 nitrogen and oxygen atoms in total. The summed E-state index contributed by atoms with van der Waals surface area (Å²) in [4.78, 5) is 28.2. The number of para-hydroxylation sites is 1. The van der Waals surface area contributed by atoms with E-state index in [0.29, 0.717) is 37.6 Å². The highest BCUT2D eigenvalue weighted by atomic mass is 32.2. The summed E-state index contributed by atoms with van der Waals surface area (Å²) in [6, 6.07) is 12.5. The Hall–Kier alpha value is -3.34. The second-order valence-electron chi connectivity index (χ2n) is 7.56. The quantitative estimate of drug-likeness (QED) is 0.483. The highest BCUT2D eigenvalue weighted by Gasteiger charge is 2.30. The number of piperazine rings is 1. The number of carbonyl (C=O) groups excluding carboxylic acids is 1. The molecule has 0 radical (unpaired) electrons. The lowest BCUT2D eigenvalue weighted by atomic mass is 10.2. The molecule has 2 aromatic carbocycles. The Labute approximate surface area is 187 Å². The number of sulfonamides is 1. The van der Waals surface area contributed by atoms with Crippen molar-refractivity contribution in [3.63, 3.8) is 0 Å². The van der Waals surface area contributed by atoms with Crippen molar-refractivity contribution in [3.8, 4) is 0 Å². The van der Waals surface area contributed by atoms with Gasteiger partial charge in [-0.3, -0.25) is 14.4 Å². The second-order valence-corrected chi connectivity index (χ2v) is 9.43. The van der Waals surface area contributed by atoms with E-state index < -0.39 is 14.9 Å². The molecule has 2 aromatic rings. The van der Waals surface area contributed by atoms with E-state index in [1.165, 1.54) is 21.3 Å². The first kappa shape index (κ1) is 23.3. The van der Waals surface area contributed by atoms with E-state index in [1.807, 2.05) is 4.90 Å². The summed E-state index contributed by atoms with van der Waals surface area (Å²) in [5, 5.41) is 11.8. The lowest BCUT2D eigenvalue weighted by Gasteiger charge is -2.36. The van der Waals surface area contributed by atoms with Gasteiger partial charge in [0, 0.05) is 52.9 Å². The summed E-state index contributed by atoms with van der Waals surface area (Å²) >= 11 is 0. The molecule has 0 spiro atoms. The van der Waals surface area contributed by atoms with Crippen LogP contribution in [0.3, 0.4) is 0 Å². The number of carbonyl (C=O) groups is 1. The third-order valence-electron chi connectivity index (χ3n) is 5.34. The van der Waals surface area contributed by atoms with Crippen LogP contribution < -0.4 is 9.21 Å². The number of hydrogen-bond donors (Lipinski definition) is 0. The minimum absolute atomic E-state index is 0.110. The maximum Gasteiger partial charge on any atom is 0.319 e. The first-order chi connectivity index (χ1) is 15.2. The van der Waals surface area contributed by atoms with Gasteiger partial charge in [0.2, 0.25) is 0 Å². The van der Waals surface area contributed by atoms with Crippen molar-refractivity contribution in [2.24, 2.45) is 0 Å². The molecule has 11 heteroatoms. The molecule has 0 atom stereocenters. The average Bonchev–Trinajstić information content (AvgIpc) is 2.79. The maximum atomic E-state index is 13.2. The van der Waals surface area contributed by atoms with Crippen LogP contribution in [0.1, 0.15) is 6.92 Å². The molecule has 1 saturated heterocycles. The third-order valence-corrected chi connectivity index (χ3v) is 7.24. The zero-order chi connectivity index (χ0) is 23.5. The monoisotopic (exact) mass is 461 g/mol. The van der Waals surface area contributed by atoms with Gasteiger partial charge in [-0.1, -0.05) is 18.2 Å². The van der Waals surface area contributed by atoms with Crippen LogP contribution >= 0.6 is 0 Å². The van der Waals surface area contributed by atoms with E-state index in [4.69, 9.17) is 0 Å². The van der Waals surface area contributed by atoms with Gasteiger partial charge in [-0.2, -0.15) is 0 Å². The molecule has 0 bridgehead atoms. The van der Waals surface area contributed by atoms with Crippen LogP contribution in [0.4, 0.5) is 21.9 Å². The fourth-order valence-electron chi connectivity index (χ4n) is 3.71. The smallest absolute Gasteiger partial charge is 0.319 e. The molecule has 0 unspecified atom stereocenters. The van der Waals surface area contributed by atoms with E-state index in [-0.39, 0.29) is 23.2 Å². The number of urea groups is 1. The Morgan fingerprint density at radius 2 is 1.69 bits per heavy atom. The molecule has 32 heavy (non-hydrogen) atoms. The minimum atomic E-state index is -3.99. The van der Waals surface area contributed by atoms with E-state index in [1.54, 1.807) is 56.3 Å². The molecule has 1 fully saturated rings. The van der Waals surface area contributed by atoms with Gasteiger partial charge in [0.15, 0.2) is 0 Å². The van der Waals surface area contributed by atoms with Crippen LogP contribution in [-0.2, 0) is 10.0 Å². The van der Waals surface area contributed by atoms with Gasteiger partial charge in [0.25, 0.3) is 15.7 Å². The fraction of sp³-hybridized carbons (Fsp3) is 0.381. The molecule has 0 saturated carbocycles. The number of nitro benzene ring substituents is 1. The normalized spacial score (nSPS) is 14.2. The van der Waals surface area contributed by atoms with Gasteiger partial charge in [0.1, 0.15) is 5.69 Å². The first-order valence-electron chi connectivity index (χ1n) is 10.2. The fourth-order valence-corrected chi connectivity index (χ4v) is 5.21. The maximum absolute atomic E-state index is 13.2. The summed E-state index contributed by atoms with van der Waals surface area (Å²) in [6.07, 6.45) is 0. The summed E-state index contributed by atoms with van der Waals surface area (Å²) in [6.45, 7) is 3.57. The Kier molecular flexibility index (Phi) is 6.87. The van der Waals surface area contributed by atoms with Crippen LogP contribution in [-0.4, -0.2) is 76.0 Å². The lowest BCUT2D eigenvalue weighted by Crippen LogP contribution is -2.51. The van der Waals surface area contributed by atoms with Crippen LogP contribution in [0.2, 0.25) is 0 Å². The number of amides is 2. The number of nitro groups is 1. The summed E-state index contributed by atoms with van der Waals surface area (Å²) in [7, 11) is -0.637. The highest BCUT2D eigenvalue weighted by Crippen LogP contribution is 2.33. The van der Waals surface area contributed by atoms with Gasteiger partial charge in [-0.25, -0.2) is 13.2 Å². The van der Waals surface area contributed by atoms with Crippen LogP contribution in [0.25, 0.3) is 0 Å². The van der Waals surface area contributed by atoms with E-state index in [2.05, 4.69) is 0 Å². The predicted octanol–water partition coefficient (Wildman–Crippen LogP) is 2.61. The van der Waals surface area contributed by atoms with Crippen LogP contribution in [0, 0.1) is 10.1 Å². The van der Waals surface area contributed by atoms with Crippen molar-refractivity contribution in [1.29, 1.82) is 0 Å². The largest absolute Gasteiger partial charge is 0.362 e. The second kappa shape index (κ2) is 9.43. The first-order valence-corrected chi connectivity index (χ1v) is 11.7. The molecule has 2 amide bonds. The van der Waals surface area contributed by atoms with Gasteiger partial charge in [-0.15, -0.1) is 0 Å². The molecule has 172 valence electrons. The summed E-state index contributed by atoms with van der Waals surface area (Å²) in [5.41, 5.74) is 0.555. The van der Waals surface area contributed by atoms with E-state index in [9.17, 15) is 23.3 Å². The molecule has 1 aliphatic heterocycles.